The first-order valence-electron chi connectivity index (χ1n) is 7.36. The number of rotatable bonds is 3. The molecule has 1 aromatic heterocycles. The van der Waals surface area contributed by atoms with Crippen LogP contribution in [-0.4, -0.2) is 53.1 Å². The van der Waals surface area contributed by atoms with Gasteiger partial charge in [-0.1, -0.05) is 0 Å². The summed E-state index contributed by atoms with van der Waals surface area (Å²) < 4.78 is 0. The average Bonchev–Trinajstić information content (AvgIpc) is 2.36. The van der Waals surface area contributed by atoms with Crippen molar-refractivity contribution in [3.05, 3.63) is 18.0 Å². The van der Waals surface area contributed by atoms with E-state index in [1.807, 2.05) is 12.4 Å². The molecule has 1 N–H and O–H groups in total. The van der Waals surface area contributed by atoms with Crippen LogP contribution < -0.4 is 10.2 Å². The van der Waals surface area contributed by atoms with Gasteiger partial charge in [-0.25, -0.2) is 9.97 Å². The molecule has 1 saturated heterocycles. The predicted octanol–water partition coefficient (Wildman–Crippen LogP) is 1.50. The summed E-state index contributed by atoms with van der Waals surface area (Å²) in [5, 5.41) is 3.45. The second-order valence-electron chi connectivity index (χ2n) is 6.80. The zero-order valence-electron chi connectivity index (χ0n) is 13.3. The van der Waals surface area contributed by atoms with Gasteiger partial charge in [-0.05, 0) is 34.7 Å². The van der Waals surface area contributed by atoms with Gasteiger partial charge in [0.05, 0.1) is 0 Å². The summed E-state index contributed by atoms with van der Waals surface area (Å²) in [4.78, 5) is 13.7. The van der Waals surface area contributed by atoms with Gasteiger partial charge in [0.15, 0.2) is 0 Å². The van der Waals surface area contributed by atoms with E-state index < -0.39 is 0 Å². The minimum Gasteiger partial charge on any atom is -0.336 e. The molecule has 5 nitrogen and oxygen atoms in total. The van der Waals surface area contributed by atoms with Gasteiger partial charge < -0.3 is 15.1 Å². The number of anilines is 1. The maximum atomic E-state index is 4.53. The topological polar surface area (TPSA) is 44.3 Å². The van der Waals surface area contributed by atoms with E-state index in [-0.39, 0.29) is 5.54 Å². The lowest BCUT2D eigenvalue weighted by Crippen LogP contribution is -2.51. The smallest absolute Gasteiger partial charge is 0.225 e. The van der Waals surface area contributed by atoms with Crippen molar-refractivity contribution in [2.75, 3.05) is 31.6 Å². The second kappa shape index (κ2) is 6.06. The molecule has 1 aromatic rings. The van der Waals surface area contributed by atoms with Crippen LogP contribution in [0.4, 0.5) is 5.95 Å². The average molecular weight is 277 g/mol. The molecule has 0 aliphatic carbocycles. The van der Waals surface area contributed by atoms with E-state index in [9.17, 15) is 0 Å². The highest BCUT2D eigenvalue weighted by Crippen LogP contribution is 2.15. The molecular weight excluding hydrogens is 250 g/mol. The Balaban J connectivity index is 1.97. The molecule has 0 spiro atoms. The summed E-state index contributed by atoms with van der Waals surface area (Å²) in [6.45, 7) is 12.7. The second-order valence-corrected chi connectivity index (χ2v) is 6.80. The lowest BCUT2D eigenvalue weighted by Gasteiger charge is -2.38. The van der Waals surface area contributed by atoms with E-state index in [1.54, 1.807) is 0 Å². The van der Waals surface area contributed by atoms with Crippen molar-refractivity contribution in [1.82, 2.24) is 20.2 Å². The Hall–Kier alpha value is -1.20. The lowest BCUT2D eigenvalue weighted by atomic mass is 10.1. The zero-order chi connectivity index (χ0) is 14.8. The van der Waals surface area contributed by atoms with Gasteiger partial charge in [-0.15, -0.1) is 0 Å². The first-order chi connectivity index (χ1) is 9.35. The van der Waals surface area contributed by atoms with Crippen molar-refractivity contribution in [2.24, 2.45) is 0 Å². The molecule has 1 fully saturated rings. The van der Waals surface area contributed by atoms with Gasteiger partial charge >= 0.3 is 0 Å². The highest BCUT2D eigenvalue weighted by atomic mass is 15.3. The summed E-state index contributed by atoms with van der Waals surface area (Å²) in [6.07, 6.45) is 3.87. The Bertz CT molecular complexity index is 423. The first kappa shape index (κ1) is 15.2. The highest BCUT2D eigenvalue weighted by Gasteiger charge is 2.23. The monoisotopic (exact) mass is 277 g/mol. The SMILES string of the molecule is CC1CN(C)CCN1c1ncc(CNC(C)(C)C)cn1. The van der Waals surface area contributed by atoms with Gasteiger partial charge in [0.25, 0.3) is 0 Å². The molecule has 112 valence electrons. The molecule has 0 amide bonds. The van der Waals surface area contributed by atoms with Crippen molar-refractivity contribution < 1.29 is 0 Å². The quantitative estimate of drug-likeness (QED) is 0.907. The fourth-order valence-electron chi connectivity index (χ4n) is 2.39. The summed E-state index contributed by atoms with van der Waals surface area (Å²) in [7, 11) is 2.16. The third-order valence-corrected chi connectivity index (χ3v) is 3.60. The first-order valence-corrected chi connectivity index (χ1v) is 7.36. The normalized spacial score (nSPS) is 21.2. The molecule has 5 heteroatoms. The van der Waals surface area contributed by atoms with Gasteiger partial charge in [0.1, 0.15) is 0 Å². The number of aromatic nitrogens is 2. The fraction of sp³-hybridized carbons (Fsp3) is 0.733. The van der Waals surface area contributed by atoms with E-state index in [2.05, 4.69) is 59.8 Å². The third-order valence-electron chi connectivity index (χ3n) is 3.60. The van der Waals surface area contributed by atoms with Crippen LogP contribution in [-0.2, 0) is 6.54 Å². The van der Waals surface area contributed by atoms with Crippen molar-refractivity contribution in [2.45, 2.75) is 45.8 Å². The van der Waals surface area contributed by atoms with E-state index in [0.29, 0.717) is 6.04 Å². The van der Waals surface area contributed by atoms with Crippen LogP contribution in [0.3, 0.4) is 0 Å². The van der Waals surface area contributed by atoms with Crippen molar-refractivity contribution in [1.29, 1.82) is 0 Å². The van der Waals surface area contributed by atoms with E-state index in [1.165, 1.54) is 0 Å². The number of likely N-dealkylation sites (N-methyl/N-ethyl adjacent to an activating group) is 1. The van der Waals surface area contributed by atoms with Crippen LogP contribution in [0, 0.1) is 0 Å². The summed E-state index contributed by atoms with van der Waals surface area (Å²) in [6, 6.07) is 0.465. The molecule has 2 rings (SSSR count). The largest absolute Gasteiger partial charge is 0.336 e. The maximum absolute atomic E-state index is 4.53. The Morgan fingerprint density at radius 2 is 1.90 bits per heavy atom. The molecule has 2 heterocycles. The molecule has 0 saturated carbocycles. The Kier molecular flexibility index (Phi) is 4.60. The molecular formula is C15H27N5. The van der Waals surface area contributed by atoms with Crippen LogP contribution in [0.5, 0.6) is 0 Å². The standard InChI is InChI=1S/C15H27N5/c1-12-11-19(5)6-7-20(12)14-16-8-13(9-17-14)10-18-15(2,3)4/h8-9,12,18H,6-7,10-11H2,1-5H3. The number of nitrogens with one attached hydrogen (secondary N) is 1. The number of hydrogen-bond acceptors (Lipinski definition) is 5. The van der Waals surface area contributed by atoms with Crippen LogP contribution >= 0.6 is 0 Å². The minimum atomic E-state index is 0.116. The van der Waals surface area contributed by atoms with E-state index in [4.69, 9.17) is 0 Å². The number of hydrogen-bond donors (Lipinski definition) is 1. The molecule has 0 aromatic carbocycles. The number of piperazine rings is 1. The van der Waals surface area contributed by atoms with Gasteiger partial charge in [0, 0.05) is 55.7 Å². The van der Waals surface area contributed by atoms with Gasteiger partial charge in [-0.3, -0.25) is 0 Å². The summed E-state index contributed by atoms with van der Waals surface area (Å²) in [5.41, 5.74) is 1.25. The Morgan fingerprint density at radius 3 is 2.45 bits per heavy atom. The molecule has 0 radical (unpaired) electrons. The molecule has 0 bridgehead atoms. The molecule has 1 aliphatic rings. The zero-order valence-corrected chi connectivity index (χ0v) is 13.3. The lowest BCUT2D eigenvalue weighted by molar-refractivity contribution is 0.273. The van der Waals surface area contributed by atoms with Crippen LogP contribution in [0.1, 0.15) is 33.3 Å². The van der Waals surface area contributed by atoms with Crippen LogP contribution in [0.2, 0.25) is 0 Å². The predicted molar refractivity (Wildman–Crippen MR) is 82.9 cm³/mol. The Labute approximate surface area is 122 Å². The molecule has 1 aliphatic heterocycles. The fourth-order valence-corrected chi connectivity index (χ4v) is 2.39. The van der Waals surface area contributed by atoms with Crippen LogP contribution in [0.15, 0.2) is 12.4 Å². The van der Waals surface area contributed by atoms with Crippen molar-refractivity contribution in [3.8, 4) is 0 Å². The summed E-state index contributed by atoms with van der Waals surface area (Å²) >= 11 is 0. The van der Waals surface area contributed by atoms with Gasteiger partial charge in [-0.2, -0.15) is 0 Å². The van der Waals surface area contributed by atoms with Gasteiger partial charge in [0.2, 0.25) is 5.95 Å². The summed E-state index contributed by atoms with van der Waals surface area (Å²) in [5.74, 6) is 0.852. The van der Waals surface area contributed by atoms with E-state index >= 15 is 0 Å². The minimum absolute atomic E-state index is 0.116. The highest BCUT2D eigenvalue weighted by molar-refractivity contribution is 5.32. The Morgan fingerprint density at radius 1 is 1.25 bits per heavy atom. The number of nitrogens with zero attached hydrogens (tertiary/aromatic N) is 4. The maximum Gasteiger partial charge on any atom is 0.225 e. The molecule has 1 atom stereocenters. The van der Waals surface area contributed by atoms with Crippen molar-refractivity contribution in [3.63, 3.8) is 0 Å². The van der Waals surface area contributed by atoms with E-state index in [0.717, 1.165) is 37.7 Å². The van der Waals surface area contributed by atoms with Crippen molar-refractivity contribution >= 4 is 5.95 Å². The van der Waals surface area contributed by atoms with Crippen LogP contribution in [0.25, 0.3) is 0 Å². The molecule has 1 unspecified atom stereocenters. The molecule has 20 heavy (non-hydrogen) atoms. The third kappa shape index (κ3) is 4.15.